The van der Waals surface area contributed by atoms with Crippen molar-refractivity contribution in [3.63, 3.8) is 0 Å². The van der Waals surface area contributed by atoms with Gasteiger partial charge in [0.15, 0.2) is 0 Å². The zero-order valence-corrected chi connectivity index (χ0v) is 11.9. The number of nitrogens with zero attached hydrogens (tertiary/aromatic N) is 1. The maximum absolute atomic E-state index is 12.0. The summed E-state index contributed by atoms with van der Waals surface area (Å²) in [6, 6.07) is 5.19. The summed E-state index contributed by atoms with van der Waals surface area (Å²) in [5.41, 5.74) is 6.92. The zero-order chi connectivity index (χ0) is 14.3. The van der Waals surface area contributed by atoms with Crippen molar-refractivity contribution in [3.05, 3.63) is 18.2 Å². The topological polar surface area (TPSA) is 67.6 Å². The van der Waals surface area contributed by atoms with E-state index in [1.807, 2.05) is 6.92 Å². The molecule has 0 aliphatic heterocycles. The Hall–Kier alpha value is -1.75. The number of methoxy groups -OCH3 is 1. The van der Waals surface area contributed by atoms with Crippen LogP contribution in [0.3, 0.4) is 0 Å². The van der Waals surface area contributed by atoms with Crippen molar-refractivity contribution in [3.8, 4) is 5.75 Å². The van der Waals surface area contributed by atoms with E-state index in [0.29, 0.717) is 23.7 Å². The normalized spacial score (nSPS) is 10.5. The Bertz CT molecular complexity index is 421. The van der Waals surface area contributed by atoms with Crippen LogP contribution in [0.2, 0.25) is 0 Å². The molecule has 1 rings (SSSR count). The molecule has 0 aliphatic rings. The molecule has 0 saturated carbocycles. The second kappa shape index (κ2) is 7.63. The maximum Gasteiger partial charge on any atom is 0.238 e. The lowest BCUT2D eigenvalue weighted by Gasteiger charge is -2.19. The molecule has 0 aliphatic carbocycles. The maximum atomic E-state index is 12.0. The average molecular weight is 265 g/mol. The van der Waals surface area contributed by atoms with Gasteiger partial charge in [0.2, 0.25) is 5.91 Å². The Morgan fingerprint density at radius 2 is 2.16 bits per heavy atom. The molecular formula is C14H23N3O2. The van der Waals surface area contributed by atoms with Gasteiger partial charge in [-0.05, 0) is 37.7 Å². The number of nitrogens with one attached hydrogen (secondary N) is 1. The standard InChI is InChI=1S/C14H23N3O2/c1-4-8-17(5-2)10-14(18)16-12-9-11(15)6-7-13(12)19-3/h6-7,9H,4-5,8,10,15H2,1-3H3,(H,16,18). The fraction of sp³-hybridized carbons (Fsp3) is 0.500. The minimum atomic E-state index is -0.0563. The van der Waals surface area contributed by atoms with Crippen molar-refractivity contribution >= 4 is 17.3 Å². The monoisotopic (exact) mass is 265 g/mol. The first-order valence-corrected chi connectivity index (χ1v) is 6.56. The number of amides is 1. The summed E-state index contributed by atoms with van der Waals surface area (Å²) in [5.74, 6) is 0.556. The summed E-state index contributed by atoms with van der Waals surface area (Å²) in [5, 5.41) is 2.84. The van der Waals surface area contributed by atoms with Crippen LogP contribution in [0.1, 0.15) is 20.3 Å². The molecule has 0 heterocycles. The van der Waals surface area contributed by atoms with E-state index < -0.39 is 0 Å². The smallest absolute Gasteiger partial charge is 0.238 e. The molecule has 0 atom stereocenters. The number of benzene rings is 1. The van der Waals surface area contributed by atoms with Gasteiger partial charge >= 0.3 is 0 Å². The van der Waals surface area contributed by atoms with Crippen LogP contribution in [0.4, 0.5) is 11.4 Å². The number of nitrogen functional groups attached to an aromatic ring is 1. The fourth-order valence-electron chi connectivity index (χ4n) is 1.88. The number of likely N-dealkylation sites (N-methyl/N-ethyl adjacent to an activating group) is 1. The van der Waals surface area contributed by atoms with Gasteiger partial charge in [0, 0.05) is 5.69 Å². The molecule has 106 valence electrons. The minimum absolute atomic E-state index is 0.0563. The van der Waals surface area contributed by atoms with Gasteiger partial charge in [0.25, 0.3) is 0 Å². The third-order valence-electron chi connectivity index (χ3n) is 2.85. The highest BCUT2D eigenvalue weighted by Gasteiger charge is 2.11. The molecule has 1 aromatic carbocycles. The first kappa shape index (κ1) is 15.3. The summed E-state index contributed by atoms with van der Waals surface area (Å²) in [4.78, 5) is 14.1. The lowest BCUT2D eigenvalue weighted by molar-refractivity contribution is -0.117. The summed E-state index contributed by atoms with van der Waals surface area (Å²) in [6.45, 7) is 6.29. The van der Waals surface area contributed by atoms with Crippen LogP contribution in [-0.2, 0) is 4.79 Å². The lowest BCUT2D eigenvalue weighted by atomic mass is 10.2. The number of ether oxygens (including phenoxy) is 1. The van der Waals surface area contributed by atoms with E-state index in [0.717, 1.165) is 19.5 Å². The van der Waals surface area contributed by atoms with Crippen LogP contribution in [0.5, 0.6) is 5.75 Å². The second-order valence-corrected chi connectivity index (χ2v) is 4.38. The van der Waals surface area contributed by atoms with Crippen LogP contribution in [0.25, 0.3) is 0 Å². The van der Waals surface area contributed by atoms with Crippen molar-refractivity contribution in [1.82, 2.24) is 4.90 Å². The van der Waals surface area contributed by atoms with Crippen LogP contribution in [0, 0.1) is 0 Å². The van der Waals surface area contributed by atoms with Gasteiger partial charge in [-0.3, -0.25) is 9.69 Å². The summed E-state index contributed by atoms with van der Waals surface area (Å²) in [7, 11) is 1.57. The van der Waals surface area contributed by atoms with Crippen LogP contribution in [0.15, 0.2) is 18.2 Å². The molecule has 0 saturated heterocycles. The number of hydrogen-bond donors (Lipinski definition) is 2. The molecule has 3 N–H and O–H groups in total. The number of rotatable bonds is 7. The van der Waals surface area contributed by atoms with Gasteiger partial charge in [-0.2, -0.15) is 0 Å². The molecule has 0 radical (unpaired) electrons. The molecule has 0 fully saturated rings. The molecule has 0 spiro atoms. The highest BCUT2D eigenvalue weighted by molar-refractivity contribution is 5.94. The first-order valence-electron chi connectivity index (χ1n) is 6.56. The Kier molecular flexibility index (Phi) is 6.15. The molecule has 0 unspecified atom stereocenters. The molecule has 0 bridgehead atoms. The van der Waals surface area contributed by atoms with Crippen molar-refractivity contribution in [2.24, 2.45) is 0 Å². The summed E-state index contributed by atoms with van der Waals surface area (Å²) in [6.07, 6.45) is 1.03. The van der Waals surface area contributed by atoms with E-state index in [2.05, 4.69) is 17.1 Å². The third kappa shape index (κ3) is 4.79. The highest BCUT2D eigenvalue weighted by atomic mass is 16.5. The van der Waals surface area contributed by atoms with Gasteiger partial charge in [0.1, 0.15) is 5.75 Å². The Balaban J connectivity index is 2.68. The lowest BCUT2D eigenvalue weighted by Crippen LogP contribution is -2.33. The Labute approximate surface area is 114 Å². The number of hydrogen-bond acceptors (Lipinski definition) is 4. The number of nitrogens with two attached hydrogens (primary N) is 1. The Morgan fingerprint density at radius 1 is 1.42 bits per heavy atom. The van der Waals surface area contributed by atoms with E-state index in [-0.39, 0.29) is 5.91 Å². The molecule has 1 amide bonds. The Morgan fingerprint density at radius 3 is 2.74 bits per heavy atom. The van der Waals surface area contributed by atoms with Crippen LogP contribution in [-0.4, -0.2) is 37.6 Å². The average Bonchev–Trinajstić information content (AvgIpc) is 2.38. The predicted molar refractivity (Wildman–Crippen MR) is 78.4 cm³/mol. The SMILES string of the molecule is CCCN(CC)CC(=O)Nc1cc(N)ccc1OC. The largest absolute Gasteiger partial charge is 0.495 e. The van der Waals surface area contributed by atoms with Crippen molar-refractivity contribution in [1.29, 1.82) is 0 Å². The number of anilines is 2. The predicted octanol–water partition coefficient (Wildman–Crippen LogP) is 1.95. The van der Waals surface area contributed by atoms with Crippen LogP contribution >= 0.6 is 0 Å². The van der Waals surface area contributed by atoms with Crippen molar-refractivity contribution in [2.75, 3.05) is 37.8 Å². The fourth-order valence-corrected chi connectivity index (χ4v) is 1.88. The van der Waals surface area contributed by atoms with Gasteiger partial charge in [-0.15, -0.1) is 0 Å². The summed E-state index contributed by atoms with van der Waals surface area (Å²) >= 11 is 0. The minimum Gasteiger partial charge on any atom is -0.495 e. The van der Waals surface area contributed by atoms with E-state index in [9.17, 15) is 4.79 Å². The van der Waals surface area contributed by atoms with Crippen molar-refractivity contribution in [2.45, 2.75) is 20.3 Å². The third-order valence-corrected chi connectivity index (χ3v) is 2.85. The molecule has 0 aromatic heterocycles. The van der Waals surface area contributed by atoms with Crippen molar-refractivity contribution < 1.29 is 9.53 Å². The number of carbonyl (C=O) groups is 1. The van der Waals surface area contributed by atoms with Gasteiger partial charge in [0.05, 0.1) is 19.3 Å². The molecule has 5 heteroatoms. The van der Waals surface area contributed by atoms with E-state index >= 15 is 0 Å². The molecular weight excluding hydrogens is 242 g/mol. The highest BCUT2D eigenvalue weighted by Crippen LogP contribution is 2.26. The van der Waals surface area contributed by atoms with E-state index in [1.165, 1.54) is 0 Å². The molecule has 5 nitrogen and oxygen atoms in total. The quantitative estimate of drug-likeness (QED) is 0.739. The van der Waals surface area contributed by atoms with Gasteiger partial charge < -0.3 is 15.8 Å². The first-order chi connectivity index (χ1) is 9.10. The number of carbonyl (C=O) groups excluding carboxylic acids is 1. The molecule has 19 heavy (non-hydrogen) atoms. The van der Waals surface area contributed by atoms with Crippen LogP contribution < -0.4 is 15.8 Å². The zero-order valence-electron chi connectivity index (χ0n) is 11.9. The second-order valence-electron chi connectivity index (χ2n) is 4.38. The van der Waals surface area contributed by atoms with E-state index in [1.54, 1.807) is 25.3 Å². The van der Waals surface area contributed by atoms with E-state index in [4.69, 9.17) is 10.5 Å². The molecule has 1 aromatic rings. The summed E-state index contributed by atoms with van der Waals surface area (Å²) < 4.78 is 5.20. The van der Waals surface area contributed by atoms with Gasteiger partial charge in [-0.1, -0.05) is 13.8 Å². The van der Waals surface area contributed by atoms with Gasteiger partial charge in [-0.25, -0.2) is 0 Å².